The van der Waals surface area contributed by atoms with E-state index in [1.807, 2.05) is 30.6 Å². The highest BCUT2D eigenvalue weighted by molar-refractivity contribution is 5.82. The van der Waals surface area contributed by atoms with E-state index in [1.165, 1.54) is 19.3 Å². The standard InChI is InChI=1S/C18H34N4O2/c1-5-20-9-7-6-8-15(20)14-19-17(24)22-12-10-21(11-13-22)16(23)18(2,3)4/h15H,5-14H2,1-4H3,(H,19,24). The average Bonchev–Trinajstić information content (AvgIpc) is 2.58. The second-order valence-electron chi connectivity index (χ2n) is 7.99. The predicted molar refractivity (Wildman–Crippen MR) is 95.9 cm³/mol. The Bertz CT molecular complexity index is 439. The number of hydrogen-bond acceptors (Lipinski definition) is 3. The van der Waals surface area contributed by atoms with Crippen LogP contribution >= 0.6 is 0 Å². The molecule has 138 valence electrons. The highest BCUT2D eigenvalue weighted by Gasteiger charge is 2.31. The molecule has 0 spiro atoms. The summed E-state index contributed by atoms with van der Waals surface area (Å²) in [7, 11) is 0. The third-order valence-electron chi connectivity index (χ3n) is 5.14. The van der Waals surface area contributed by atoms with Crippen LogP contribution in [0.3, 0.4) is 0 Å². The molecule has 0 aromatic carbocycles. The van der Waals surface area contributed by atoms with E-state index in [2.05, 4.69) is 17.1 Å². The fourth-order valence-electron chi connectivity index (χ4n) is 3.61. The maximum atomic E-state index is 12.4. The fourth-order valence-corrected chi connectivity index (χ4v) is 3.61. The molecule has 0 aromatic rings. The van der Waals surface area contributed by atoms with Gasteiger partial charge in [0.15, 0.2) is 0 Å². The van der Waals surface area contributed by atoms with Gasteiger partial charge >= 0.3 is 6.03 Å². The summed E-state index contributed by atoms with van der Waals surface area (Å²) in [6, 6.07) is 0.482. The lowest BCUT2D eigenvalue weighted by atomic mass is 9.94. The zero-order chi connectivity index (χ0) is 17.7. The second kappa shape index (κ2) is 8.19. The maximum Gasteiger partial charge on any atom is 0.317 e. The number of nitrogens with one attached hydrogen (secondary N) is 1. The van der Waals surface area contributed by atoms with Gasteiger partial charge in [0, 0.05) is 44.2 Å². The first-order valence-corrected chi connectivity index (χ1v) is 9.39. The van der Waals surface area contributed by atoms with Crippen LogP contribution in [0.15, 0.2) is 0 Å². The summed E-state index contributed by atoms with van der Waals surface area (Å²) < 4.78 is 0. The van der Waals surface area contributed by atoms with Crippen molar-refractivity contribution in [3.8, 4) is 0 Å². The van der Waals surface area contributed by atoms with Crippen LogP contribution < -0.4 is 5.32 Å². The van der Waals surface area contributed by atoms with Crippen LogP contribution in [-0.2, 0) is 4.79 Å². The van der Waals surface area contributed by atoms with E-state index in [9.17, 15) is 9.59 Å². The Morgan fingerprint density at radius 2 is 1.62 bits per heavy atom. The number of urea groups is 1. The zero-order valence-corrected chi connectivity index (χ0v) is 15.8. The Morgan fingerprint density at radius 3 is 2.21 bits per heavy atom. The third-order valence-corrected chi connectivity index (χ3v) is 5.14. The summed E-state index contributed by atoms with van der Waals surface area (Å²) >= 11 is 0. The minimum absolute atomic E-state index is 0.0134. The van der Waals surface area contributed by atoms with E-state index in [1.54, 1.807) is 0 Å². The fraction of sp³-hybridized carbons (Fsp3) is 0.889. The molecule has 6 nitrogen and oxygen atoms in total. The number of piperazine rings is 1. The molecule has 2 aliphatic rings. The molecule has 2 fully saturated rings. The molecule has 0 aromatic heterocycles. The molecule has 1 atom stereocenters. The van der Waals surface area contributed by atoms with Gasteiger partial charge in [-0.15, -0.1) is 0 Å². The van der Waals surface area contributed by atoms with Crippen molar-refractivity contribution in [2.24, 2.45) is 5.41 Å². The van der Waals surface area contributed by atoms with Gasteiger partial charge < -0.3 is 15.1 Å². The van der Waals surface area contributed by atoms with E-state index in [4.69, 9.17) is 0 Å². The summed E-state index contributed by atoms with van der Waals surface area (Å²) in [6.07, 6.45) is 3.69. The second-order valence-corrected chi connectivity index (χ2v) is 7.99. The van der Waals surface area contributed by atoms with E-state index in [0.717, 1.165) is 19.6 Å². The van der Waals surface area contributed by atoms with Crippen LogP contribution in [-0.4, -0.2) is 78.5 Å². The van der Waals surface area contributed by atoms with Gasteiger partial charge in [0.25, 0.3) is 0 Å². The van der Waals surface area contributed by atoms with Crippen LogP contribution in [0.2, 0.25) is 0 Å². The molecule has 6 heteroatoms. The van der Waals surface area contributed by atoms with E-state index in [0.29, 0.717) is 32.2 Å². The first-order valence-electron chi connectivity index (χ1n) is 9.39. The minimum atomic E-state index is -0.352. The summed E-state index contributed by atoms with van der Waals surface area (Å²) in [5, 5.41) is 3.10. The van der Waals surface area contributed by atoms with Crippen molar-refractivity contribution in [2.75, 3.05) is 45.8 Å². The molecule has 3 amide bonds. The molecule has 0 radical (unpaired) electrons. The highest BCUT2D eigenvalue weighted by Crippen LogP contribution is 2.19. The summed E-state index contributed by atoms with van der Waals surface area (Å²) in [5.74, 6) is 0.170. The number of nitrogens with zero attached hydrogens (tertiary/aromatic N) is 3. The molecule has 24 heavy (non-hydrogen) atoms. The van der Waals surface area contributed by atoms with E-state index < -0.39 is 0 Å². The van der Waals surface area contributed by atoms with Gasteiger partial charge in [0.05, 0.1) is 0 Å². The monoisotopic (exact) mass is 338 g/mol. The van der Waals surface area contributed by atoms with Crippen LogP contribution in [0.25, 0.3) is 0 Å². The summed E-state index contributed by atoms with van der Waals surface area (Å²) in [5.41, 5.74) is -0.352. The summed E-state index contributed by atoms with van der Waals surface area (Å²) in [4.78, 5) is 30.9. The van der Waals surface area contributed by atoms with Gasteiger partial charge in [-0.25, -0.2) is 4.79 Å². The normalized spacial score (nSPS) is 23.2. The van der Waals surface area contributed by atoms with Crippen molar-refractivity contribution in [3.63, 3.8) is 0 Å². The quantitative estimate of drug-likeness (QED) is 0.853. The lowest BCUT2D eigenvalue weighted by molar-refractivity contribution is -0.140. The number of hydrogen-bond donors (Lipinski definition) is 1. The Morgan fingerprint density at radius 1 is 1.00 bits per heavy atom. The van der Waals surface area contributed by atoms with Crippen LogP contribution in [0, 0.1) is 5.41 Å². The average molecular weight is 338 g/mol. The molecule has 2 aliphatic heterocycles. The SMILES string of the molecule is CCN1CCCCC1CNC(=O)N1CCN(C(=O)C(C)(C)C)CC1. The molecule has 1 N–H and O–H groups in total. The topological polar surface area (TPSA) is 55.9 Å². The largest absolute Gasteiger partial charge is 0.339 e. The smallest absolute Gasteiger partial charge is 0.317 e. The van der Waals surface area contributed by atoms with Crippen LogP contribution in [0.1, 0.15) is 47.0 Å². The van der Waals surface area contributed by atoms with Gasteiger partial charge in [0.2, 0.25) is 5.91 Å². The van der Waals surface area contributed by atoms with Gasteiger partial charge in [-0.3, -0.25) is 9.69 Å². The number of amides is 3. The van der Waals surface area contributed by atoms with E-state index >= 15 is 0 Å². The molecule has 0 bridgehead atoms. The molecular weight excluding hydrogens is 304 g/mol. The van der Waals surface area contributed by atoms with Gasteiger partial charge in [-0.2, -0.15) is 0 Å². The lowest BCUT2D eigenvalue weighted by Gasteiger charge is -2.38. The molecular formula is C18H34N4O2. The molecule has 2 heterocycles. The number of carbonyl (C=O) groups is 2. The van der Waals surface area contributed by atoms with Crippen LogP contribution in [0.4, 0.5) is 4.79 Å². The van der Waals surface area contributed by atoms with Crippen molar-refractivity contribution >= 4 is 11.9 Å². The first kappa shape index (κ1) is 19.0. The molecule has 1 unspecified atom stereocenters. The zero-order valence-electron chi connectivity index (χ0n) is 15.8. The number of likely N-dealkylation sites (N-methyl/N-ethyl adjacent to an activating group) is 1. The molecule has 0 aliphatic carbocycles. The van der Waals surface area contributed by atoms with E-state index in [-0.39, 0.29) is 17.4 Å². The summed E-state index contributed by atoms with van der Waals surface area (Å²) in [6.45, 7) is 13.4. The Labute approximate surface area is 146 Å². The number of likely N-dealkylation sites (tertiary alicyclic amines) is 1. The van der Waals surface area contributed by atoms with Gasteiger partial charge in [-0.05, 0) is 25.9 Å². The van der Waals surface area contributed by atoms with Gasteiger partial charge in [-0.1, -0.05) is 34.1 Å². The van der Waals surface area contributed by atoms with Crippen molar-refractivity contribution in [1.29, 1.82) is 0 Å². The highest BCUT2D eigenvalue weighted by atomic mass is 16.2. The van der Waals surface area contributed by atoms with Crippen molar-refractivity contribution in [3.05, 3.63) is 0 Å². The Hall–Kier alpha value is -1.30. The Kier molecular flexibility index (Phi) is 6.49. The third kappa shape index (κ3) is 4.85. The Balaban J connectivity index is 1.75. The number of piperidine rings is 1. The van der Waals surface area contributed by atoms with Crippen molar-refractivity contribution in [2.45, 2.75) is 53.0 Å². The lowest BCUT2D eigenvalue weighted by Crippen LogP contribution is -2.56. The molecule has 0 saturated carbocycles. The van der Waals surface area contributed by atoms with Gasteiger partial charge in [0.1, 0.15) is 0 Å². The van der Waals surface area contributed by atoms with Crippen molar-refractivity contribution in [1.82, 2.24) is 20.0 Å². The first-order chi connectivity index (χ1) is 11.3. The predicted octanol–water partition coefficient (Wildman–Crippen LogP) is 1.76. The van der Waals surface area contributed by atoms with Crippen LogP contribution in [0.5, 0.6) is 0 Å². The molecule has 2 saturated heterocycles. The number of carbonyl (C=O) groups excluding carboxylic acids is 2. The van der Waals surface area contributed by atoms with Crippen molar-refractivity contribution < 1.29 is 9.59 Å². The number of rotatable bonds is 3. The maximum absolute atomic E-state index is 12.4. The minimum Gasteiger partial charge on any atom is -0.339 e. The molecule has 2 rings (SSSR count).